The van der Waals surface area contributed by atoms with Gasteiger partial charge >= 0.3 is 0 Å². The van der Waals surface area contributed by atoms with Crippen molar-refractivity contribution in [3.05, 3.63) is 65.2 Å². The van der Waals surface area contributed by atoms with Gasteiger partial charge in [-0.1, -0.05) is 36.4 Å². The lowest BCUT2D eigenvalue weighted by Gasteiger charge is -2.23. The molecule has 1 aliphatic heterocycles. The minimum Gasteiger partial charge on any atom is -0.388 e. The van der Waals surface area contributed by atoms with Crippen molar-refractivity contribution < 1.29 is 18.7 Å². The molecule has 0 radical (unpaired) electrons. The minimum absolute atomic E-state index is 0.0851. The van der Waals surface area contributed by atoms with Gasteiger partial charge < -0.3 is 15.7 Å². The zero-order valence-electron chi connectivity index (χ0n) is 14.6. The van der Waals surface area contributed by atoms with Gasteiger partial charge in [-0.3, -0.25) is 4.79 Å². The van der Waals surface area contributed by atoms with Crippen LogP contribution in [0.5, 0.6) is 0 Å². The molecule has 1 saturated heterocycles. The van der Waals surface area contributed by atoms with Crippen molar-refractivity contribution >= 4 is 5.91 Å². The van der Waals surface area contributed by atoms with E-state index >= 15 is 0 Å². The molecule has 27 heavy (non-hydrogen) atoms. The molecule has 7 heteroatoms. The zero-order chi connectivity index (χ0) is 19.0. The highest BCUT2D eigenvalue weighted by Crippen LogP contribution is 2.41. The van der Waals surface area contributed by atoms with Gasteiger partial charge in [0.05, 0.1) is 11.7 Å². The lowest BCUT2D eigenvalue weighted by Crippen LogP contribution is -2.48. The average molecular weight is 373 g/mol. The third kappa shape index (κ3) is 3.70. The first-order valence-corrected chi connectivity index (χ1v) is 9.12. The van der Waals surface area contributed by atoms with Gasteiger partial charge in [-0.05, 0) is 30.4 Å². The fraction of sp³-hybridized carbons (Fsp3) is 0.400. The summed E-state index contributed by atoms with van der Waals surface area (Å²) in [6.45, 7) is -0.0851. The molecule has 0 spiro atoms. The number of nitrogens with zero attached hydrogens (tertiary/aromatic N) is 1. The fourth-order valence-electron chi connectivity index (χ4n) is 3.46. The Balaban J connectivity index is 1.62. The van der Waals surface area contributed by atoms with Crippen molar-refractivity contribution in [3.63, 3.8) is 0 Å². The SMILES string of the molecule is O=C(N[C@@H](c1ccccc1)c1ccc(C2CC2)c(F)n1)[C@H]1NC[C@@H](F)[C@@H]1O. The summed E-state index contributed by atoms with van der Waals surface area (Å²) in [5.41, 5.74) is 1.69. The number of aliphatic hydroxyl groups excluding tert-OH is 1. The average Bonchev–Trinajstić information content (AvgIpc) is 3.46. The molecule has 0 unspecified atom stereocenters. The van der Waals surface area contributed by atoms with Crippen LogP contribution in [-0.4, -0.2) is 40.9 Å². The first kappa shape index (κ1) is 18.0. The second kappa shape index (κ2) is 7.32. The number of halogens is 2. The summed E-state index contributed by atoms with van der Waals surface area (Å²) < 4.78 is 28.0. The van der Waals surface area contributed by atoms with Crippen molar-refractivity contribution in [2.75, 3.05) is 6.54 Å². The highest BCUT2D eigenvalue weighted by molar-refractivity contribution is 5.83. The van der Waals surface area contributed by atoms with E-state index in [-0.39, 0.29) is 12.5 Å². The highest BCUT2D eigenvalue weighted by Gasteiger charge is 2.40. The molecule has 0 bridgehead atoms. The zero-order valence-corrected chi connectivity index (χ0v) is 14.6. The molecule has 5 nitrogen and oxygen atoms in total. The molecular weight excluding hydrogens is 352 g/mol. The van der Waals surface area contributed by atoms with Crippen LogP contribution in [0.4, 0.5) is 8.78 Å². The van der Waals surface area contributed by atoms with E-state index in [4.69, 9.17) is 0 Å². The largest absolute Gasteiger partial charge is 0.388 e. The summed E-state index contributed by atoms with van der Waals surface area (Å²) in [6, 6.07) is 10.7. The molecule has 4 rings (SSSR count). The predicted molar refractivity (Wildman–Crippen MR) is 95.3 cm³/mol. The number of alkyl halides is 1. The number of carbonyl (C=O) groups excluding carboxylic acids is 1. The summed E-state index contributed by atoms with van der Waals surface area (Å²) in [5.74, 6) is -0.839. The van der Waals surface area contributed by atoms with Gasteiger partial charge in [0.15, 0.2) is 0 Å². The van der Waals surface area contributed by atoms with Gasteiger partial charge in [0.1, 0.15) is 18.3 Å². The molecular formula is C20H21F2N3O2. The summed E-state index contributed by atoms with van der Waals surface area (Å²) >= 11 is 0. The Morgan fingerprint density at radius 2 is 1.96 bits per heavy atom. The van der Waals surface area contributed by atoms with Gasteiger partial charge in [-0.25, -0.2) is 9.37 Å². The van der Waals surface area contributed by atoms with Gasteiger partial charge in [0.25, 0.3) is 0 Å². The lowest BCUT2D eigenvalue weighted by atomic mass is 10.0. The Labute approximate surface area is 155 Å². The highest BCUT2D eigenvalue weighted by atomic mass is 19.1. The van der Waals surface area contributed by atoms with Gasteiger partial charge in [-0.2, -0.15) is 4.39 Å². The van der Waals surface area contributed by atoms with Crippen molar-refractivity contribution in [3.8, 4) is 0 Å². The van der Waals surface area contributed by atoms with Crippen LogP contribution in [0.2, 0.25) is 0 Å². The maximum absolute atomic E-state index is 14.4. The van der Waals surface area contributed by atoms with Crippen molar-refractivity contribution in [2.45, 2.75) is 43.1 Å². The quantitative estimate of drug-likeness (QED) is 0.701. The molecule has 1 aromatic carbocycles. The number of pyridine rings is 1. The summed E-state index contributed by atoms with van der Waals surface area (Å²) in [7, 11) is 0. The molecule has 2 fully saturated rings. The molecule has 3 N–H and O–H groups in total. The van der Waals surface area contributed by atoms with E-state index in [1.165, 1.54) is 0 Å². The van der Waals surface area contributed by atoms with E-state index in [1.807, 2.05) is 18.2 Å². The number of benzene rings is 1. The number of carbonyl (C=O) groups is 1. The number of rotatable bonds is 5. The van der Waals surface area contributed by atoms with Crippen LogP contribution in [0.25, 0.3) is 0 Å². The normalized spacial score (nSPS) is 26.0. The Morgan fingerprint density at radius 1 is 1.22 bits per heavy atom. The number of aliphatic hydroxyl groups is 1. The van der Waals surface area contributed by atoms with Gasteiger partial charge in [-0.15, -0.1) is 0 Å². The maximum atomic E-state index is 14.4. The molecule has 2 aromatic rings. The van der Waals surface area contributed by atoms with Crippen LogP contribution >= 0.6 is 0 Å². The molecule has 142 valence electrons. The van der Waals surface area contributed by atoms with Crippen LogP contribution in [0.15, 0.2) is 42.5 Å². The number of nitrogens with one attached hydrogen (secondary N) is 2. The standard InChI is InChI=1S/C20H21F2N3O2/c21-14-10-23-17(18(14)26)20(27)25-16(12-4-2-1-3-5-12)15-9-8-13(11-6-7-11)19(22)24-15/h1-5,8-9,11,14,16-18,23,26H,6-7,10H2,(H,25,27)/t14-,16+,17+,18+/m1/s1. The van der Waals surface area contributed by atoms with Gasteiger partial charge in [0.2, 0.25) is 11.9 Å². The third-order valence-corrected chi connectivity index (χ3v) is 5.16. The van der Waals surface area contributed by atoms with E-state index < -0.39 is 36.2 Å². The van der Waals surface area contributed by atoms with Crippen molar-refractivity contribution in [1.82, 2.24) is 15.6 Å². The van der Waals surface area contributed by atoms with E-state index in [9.17, 15) is 18.7 Å². The van der Waals surface area contributed by atoms with Gasteiger partial charge in [0, 0.05) is 12.1 Å². The Morgan fingerprint density at radius 3 is 2.56 bits per heavy atom. The Kier molecular flexibility index (Phi) is 4.88. The number of aromatic nitrogens is 1. The lowest BCUT2D eigenvalue weighted by molar-refractivity contribution is -0.125. The monoisotopic (exact) mass is 373 g/mol. The minimum atomic E-state index is -1.50. The number of amides is 1. The molecule has 1 aliphatic carbocycles. The first-order chi connectivity index (χ1) is 13.0. The van der Waals surface area contributed by atoms with Crippen LogP contribution in [0, 0.1) is 5.95 Å². The first-order valence-electron chi connectivity index (χ1n) is 9.12. The van der Waals surface area contributed by atoms with E-state index in [2.05, 4.69) is 15.6 Å². The third-order valence-electron chi connectivity index (χ3n) is 5.16. The number of hydrogen-bond donors (Lipinski definition) is 3. The summed E-state index contributed by atoms with van der Waals surface area (Å²) in [6.07, 6.45) is -0.980. The fourth-order valence-corrected chi connectivity index (χ4v) is 3.46. The van der Waals surface area contributed by atoms with E-state index in [0.29, 0.717) is 11.3 Å². The Hall–Kier alpha value is -2.38. The molecule has 1 aromatic heterocycles. The van der Waals surface area contributed by atoms with Crippen LogP contribution < -0.4 is 10.6 Å². The second-order valence-electron chi connectivity index (χ2n) is 7.14. The van der Waals surface area contributed by atoms with E-state index in [1.54, 1.807) is 24.3 Å². The van der Waals surface area contributed by atoms with Crippen LogP contribution in [0.3, 0.4) is 0 Å². The summed E-state index contributed by atoms with van der Waals surface area (Å²) in [5, 5.41) is 15.3. The second-order valence-corrected chi connectivity index (χ2v) is 7.14. The maximum Gasteiger partial charge on any atom is 0.240 e. The van der Waals surface area contributed by atoms with E-state index in [0.717, 1.165) is 18.4 Å². The molecule has 2 heterocycles. The smallest absolute Gasteiger partial charge is 0.240 e. The number of hydrogen-bond acceptors (Lipinski definition) is 4. The predicted octanol–water partition coefficient (Wildman–Crippen LogP) is 1.97. The van der Waals surface area contributed by atoms with Crippen LogP contribution in [-0.2, 0) is 4.79 Å². The molecule has 2 aliphatic rings. The topological polar surface area (TPSA) is 74.2 Å². The van der Waals surface area contributed by atoms with Crippen LogP contribution in [0.1, 0.15) is 41.6 Å². The summed E-state index contributed by atoms with van der Waals surface area (Å²) in [4.78, 5) is 16.7. The van der Waals surface area contributed by atoms with Crippen molar-refractivity contribution in [1.29, 1.82) is 0 Å². The molecule has 4 atom stereocenters. The molecule has 1 saturated carbocycles. The Bertz CT molecular complexity index is 829. The molecule has 1 amide bonds. The van der Waals surface area contributed by atoms with Crippen molar-refractivity contribution in [2.24, 2.45) is 0 Å².